The summed E-state index contributed by atoms with van der Waals surface area (Å²) in [5, 5.41) is 3.47. The minimum atomic E-state index is 0.672. The summed E-state index contributed by atoms with van der Waals surface area (Å²) in [5.74, 6) is 0. The van der Waals surface area contributed by atoms with Crippen LogP contribution in [0.5, 0.6) is 0 Å². The molecule has 130 valence electrons. The highest BCUT2D eigenvalue weighted by molar-refractivity contribution is 8.47. The highest BCUT2D eigenvalue weighted by Gasteiger charge is 2.43. The van der Waals surface area contributed by atoms with Gasteiger partial charge in [-0.3, -0.25) is 0 Å². The number of hydrogen-bond acceptors (Lipinski definition) is 10. The standard InChI is InChI=1S/C14H14O2S8/c1-5-6(2)18-9(17-5)11-21-13-14(22-11)24-12(23-13)10-19-7-8(20-10)16-4-3-15-7/h5-6,9,11H,3-4H2,1-2H3/t5-,6-/m0/s1. The molecule has 0 amide bonds. The predicted octanol–water partition coefficient (Wildman–Crippen LogP) is 6.76. The van der Waals surface area contributed by atoms with Crippen molar-refractivity contribution in [3.63, 3.8) is 0 Å². The molecule has 1 fully saturated rings. The van der Waals surface area contributed by atoms with Crippen LogP contribution in [0.1, 0.15) is 13.8 Å². The van der Waals surface area contributed by atoms with Gasteiger partial charge in [-0.05, 0) is 23.5 Å². The monoisotopic (exact) mass is 470 g/mol. The largest absolute Gasteiger partial charge is 0.480 e. The number of rotatable bonds is 1. The molecule has 0 aromatic rings. The zero-order valence-electron chi connectivity index (χ0n) is 12.8. The third-order valence-electron chi connectivity index (χ3n) is 3.82. The highest BCUT2D eigenvalue weighted by atomic mass is 32.3. The molecule has 5 aliphatic rings. The van der Waals surface area contributed by atoms with Gasteiger partial charge in [0.2, 0.25) is 10.2 Å². The molecule has 5 heterocycles. The van der Waals surface area contributed by atoms with E-state index in [9.17, 15) is 0 Å². The Balaban J connectivity index is 1.23. The lowest BCUT2D eigenvalue weighted by Crippen LogP contribution is -2.08. The molecular formula is C14H14O2S8. The Morgan fingerprint density at radius 2 is 1.17 bits per heavy atom. The second kappa shape index (κ2) is 7.22. The molecule has 0 spiro atoms. The van der Waals surface area contributed by atoms with Crippen LogP contribution < -0.4 is 0 Å². The lowest BCUT2D eigenvalue weighted by atomic mass is 10.4. The molecule has 0 saturated carbocycles. The third-order valence-corrected chi connectivity index (χ3v) is 17.1. The zero-order chi connectivity index (χ0) is 16.3. The summed E-state index contributed by atoms with van der Waals surface area (Å²) in [5.41, 5.74) is 0. The maximum Gasteiger partial charge on any atom is 0.208 e. The Labute approximate surface area is 176 Å². The number of hydrogen-bond donors (Lipinski definition) is 0. The fourth-order valence-corrected chi connectivity index (χ4v) is 16.3. The summed E-state index contributed by atoms with van der Waals surface area (Å²) in [6, 6.07) is 0. The van der Waals surface area contributed by atoms with E-state index >= 15 is 0 Å². The molecule has 5 aliphatic heterocycles. The molecular weight excluding hydrogens is 457 g/mol. The van der Waals surface area contributed by atoms with Crippen LogP contribution in [0.2, 0.25) is 0 Å². The SMILES string of the molecule is C[C@@H]1SC(C2SC3=C(SC(=C4SC5=C(OCCO5)S4)S3)S2)S[C@H]1C. The third kappa shape index (κ3) is 3.29. The van der Waals surface area contributed by atoms with Gasteiger partial charge in [0.05, 0.1) is 26.1 Å². The van der Waals surface area contributed by atoms with Crippen LogP contribution in [-0.2, 0) is 9.47 Å². The van der Waals surface area contributed by atoms with Gasteiger partial charge in [-0.15, -0.1) is 47.0 Å². The molecule has 5 rings (SSSR count). The maximum absolute atomic E-state index is 5.70. The van der Waals surface area contributed by atoms with Crippen molar-refractivity contribution in [3.05, 3.63) is 27.1 Å². The minimum Gasteiger partial charge on any atom is -0.480 e. The van der Waals surface area contributed by atoms with Crippen LogP contribution >= 0.6 is 94.1 Å². The highest BCUT2D eigenvalue weighted by Crippen LogP contribution is 2.70. The molecule has 2 nitrogen and oxygen atoms in total. The summed E-state index contributed by atoms with van der Waals surface area (Å²) in [6.45, 7) is 6.08. The lowest BCUT2D eigenvalue weighted by molar-refractivity contribution is 0.0949. The first-order valence-electron chi connectivity index (χ1n) is 7.51. The first-order valence-corrected chi connectivity index (χ1v) is 14.4. The zero-order valence-corrected chi connectivity index (χ0v) is 19.3. The van der Waals surface area contributed by atoms with Crippen molar-refractivity contribution in [1.82, 2.24) is 0 Å². The summed E-state index contributed by atoms with van der Waals surface area (Å²) >= 11 is 15.9. The molecule has 2 atom stereocenters. The van der Waals surface area contributed by atoms with Crippen molar-refractivity contribution in [1.29, 1.82) is 0 Å². The molecule has 24 heavy (non-hydrogen) atoms. The van der Waals surface area contributed by atoms with Gasteiger partial charge >= 0.3 is 0 Å². The van der Waals surface area contributed by atoms with Gasteiger partial charge in [0.15, 0.2) is 0 Å². The van der Waals surface area contributed by atoms with Crippen LogP contribution in [0.4, 0.5) is 0 Å². The van der Waals surface area contributed by atoms with Crippen molar-refractivity contribution in [3.8, 4) is 0 Å². The van der Waals surface area contributed by atoms with Crippen LogP contribution in [0.25, 0.3) is 0 Å². The summed E-state index contributed by atoms with van der Waals surface area (Å²) in [6.07, 6.45) is 0. The van der Waals surface area contributed by atoms with Crippen molar-refractivity contribution in [2.24, 2.45) is 0 Å². The Kier molecular flexibility index (Phi) is 5.32. The Hall–Kier alpha value is 1.62. The van der Waals surface area contributed by atoms with Crippen LogP contribution in [0, 0.1) is 0 Å². The molecule has 0 N–H and O–H groups in total. The summed E-state index contributed by atoms with van der Waals surface area (Å²) < 4.78 is 18.6. The van der Waals surface area contributed by atoms with E-state index in [1.54, 1.807) is 23.5 Å². The smallest absolute Gasteiger partial charge is 0.208 e. The van der Waals surface area contributed by atoms with E-state index in [2.05, 4.69) is 60.9 Å². The van der Waals surface area contributed by atoms with Crippen LogP contribution in [-0.4, -0.2) is 32.9 Å². The second-order valence-electron chi connectivity index (χ2n) is 5.48. The van der Waals surface area contributed by atoms with E-state index in [0.29, 0.717) is 17.8 Å². The molecule has 1 saturated heterocycles. The normalized spacial score (nSPS) is 34.1. The topological polar surface area (TPSA) is 18.5 Å². The van der Waals surface area contributed by atoms with Gasteiger partial charge in [0.1, 0.15) is 13.2 Å². The van der Waals surface area contributed by atoms with E-state index in [0.717, 1.165) is 25.3 Å². The molecule has 0 aromatic carbocycles. The van der Waals surface area contributed by atoms with Crippen molar-refractivity contribution < 1.29 is 9.47 Å². The van der Waals surface area contributed by atoms with Crippen LogP contribution in [0.15, 0.2) is 27.1 Å². The van der Waals surface area contributed by atoms with E-state index in [4.69, 9.17) is 9.47 Å². The van der Waals surface area contributed by atoms with Crippen LogP contribution in [0.3, 0.4) is 0 Å². The average molecular weight is 471 g/mol. The fourth-order valence-electron chi connectivity index (χ4n) is 2.45. The van der Waals surface area contributed by atoms with Crippen molar-refractivity contribution >= 4 is 94.1 Å². The minimum absolute atomic E-state index is 0.672. The molecule has 0 radical (unpaired) electrons. The van der Waals surface area contributed by atoms with E-state index in [1.807, 2.05) is 23.5 Å². The first kappa shape index (κ1) is 17.7. The average Bonchev–Trinajstić information content (AvgIpc) is 3.29. The van der Waals surface area contributed by atoms with Gasteiger partial charge in [-0.2, -0.15) is 0 Å². The Morgan fingerprint density at radius 1 is 0.667 bits per heavy atom. The number of ether oxygens (including phenoxy) is 2. The van der Waals surface area contributed by atoms with E-state index < -0.39 is 0 Å². The quantitative estimate of drug-likeness (QED) is 0.407. The second-order valence-corrected chi connectivity index (χ2v) is 16.5. The molecule has 0 aromatic heterocycles. The van der Waals surface area contributed by atoms with Gasteiger partial charge < -0.3 is 9.47 Å². The van der Waals surface area contributed by atoms with E-state index in [1.165, 1.54) is 16.9 Å². The van der Waals surface area contributed by atoms with Gasteiger partial charge in [-0.25, -0.2) is 0 Å². The lowest BCUT2D eigenvalue weighted by Gasteiger charge is -2.17. The summed E-state index contributed by atoms with van der Waals surface area (Å²) in [4.78, 5) is 0. The molecule has 0 bridgehead atoms. The Bertz CT molecular complexity index is 622. The first-order chi connectivity index (χ1) is 11.7. The summed E-state index contributed by atoms with van der Waals surface area (Å²) in [7, 11) is 0. The molecule has 0 aliphatic carbocycles. The van der Waals surface area contributed by atoms with Gasteiger partial charge in [0, 0.05) is 10.5 Å². The van der Waals surface area contributed by atoms with Crippen molar-refractivity contribution in [2.45, 2.75) is 33.5 Å². The molecule has 0 unspecified atom stereocenters. The predicted molar refractivity (Wildman–Crippen MR) is 120 cm³/mol. The van der Waals surface area contributed by atoms with Crippen molar-refractivity contribution in [2.75, 3.05) is 13.2 Å². The van der Waals surface area contributed by atoms with Gasteiger partial charge in [-0.1, -0.05) is 37.4 Å². The van der Waals surface area contributed by atoms with E-state index in [-0.39, 0.29) is 0 Å². The molecule has 10 heteroatoms. The number of thioether (sulfide) groups is 8. The maximum atomic E-state index is 5.70. The Morgan fingerprint density at radius 3 is 1.71 bits per heavy atom. The van der Waals surface area contributed by atoms with Gasteiger partial charge in [0.25, 0.3) is 0 Å². The fraction of sp³-hybridized carbons (Fsp3) is 0.571.